The Morgan fingerprint density at radius 3 is 2.50 bits per heavy atom. The summed E-state index contributed by atoms with van der Waals surface area (Å²) < 4.78 is 14.2. The number of hydrogen-bond donors (Lipinski definition) is 2. The highest BCUT2D eigenvalue weighted by molar-refractivity contribution is 9.10. The second-order valence-corrected chi connectivity index (χ2v) is 6.59. The molecule has 1 aromatic carbocycles. The molecule has 0 radical (unpaired) electrons. The summed E-state index contributed by atoms with van der Waals surface area (Å²) in [6, 6.07) is 4.49. The van der Waals surface area contributed by atoms with Crippen molar-refractivity contribution in [2.45, 2.75) is 38.8 Å². The van der Waals surface area contributed by atoms with Gasteiger partial charge in [-0.05, 0) is 52.0 Å². The molecule has 0 saturated heterocycles. The molecule has 0 aliphatic rings. The van der Waals surface area contributed by atoms with E-state index in [0.717, 1.165) is 4.47 Å². The minimum absolute atomic E-state index is 0.315. The van der Waals surface area contributed by atoms with Gasteiger partial charge >= 0.3 is 0 Å². The fraction of sp³-hybridized carbons (Fsp3) is 0.400. The molecule has 5 heteroatoms. The van der Waals surface area contributed by atoms with Gasteiger partial charge in [-0.25, -0.2) is 4.39 Å². The van der Waals surface area contributed by atoms with Crippen molar-refractivity contribution in [1.82, 2.24) is 5.32 Å². The summed E-state index contributed by atoms with van der Waals surface area (Å²) in [7, 11) is 0. The molecule has 0 aliphatic carbocycles. The van der Waals surface area contributed by atoms with Gasteiger partial charge in [-0.2, -0.15) is 0 Å². The lowest BCUT2D eigenvalue weighted by molar-refractivity contribution is -0.121. The van der Waals surface area contributed by atoms with E-state index in [1.165, 1.54) is 18.2 Å². The number of halogens is 2. The van der Waals surface area contributed by atoms with E-state index >= 15 is 0 Å². The van der Waals surface area contributed by atoms with Gasteiger partial charge in [0.2, 0.25) is 5.91 Å². The Bertz CT molecular complexity index is 533. The number of benzene rings is 1. The van der Waals surface area contributed by atoms with Crippen LogP contribution in [0, 0.1) is 5.82 Å². The van der Waals surface area contributed by atoms with Crippen LogP contribution in [0.3, 0.4) is 0 Å². The number of hydrogen-bond acceptors (Lipinski definition) is 2. The van der Waals surface area contributed by atoms with Gasteiger partial charge in [-0.3, -0.25) is 4.79 Å². The summed E-state index contributed by atoms with van der Waals surface area (Å²) >= 11 is 3.24. The molecule has 0 saturated carbocycles. The predicted octanol–water partition coefficient (Wildman–Crippen LogP) is 3.27. The van der Waals surface area contributed by atoms with Crippen molar-refractivity contribution in [3.8, 4) is 0 Å². The monoisotopic (exact) mass is 343 g/mol. The second kappa shape index (κ2) is 6.06. The number of aliphatic hydroxyl groups is 1. The molecular formula is C15H19BrFNO2. The van der Waals surface area contributed by atoms with Gasteiger partial charge in [0.05, 0.1) is 11.1 Å². The van der Waals surface area contributed by atoms with Crippen LogP contribution in [0.4, 0.5) is 4.39 Å². The molecule has 0 aromatic heterocycles. The summed E-state index contributed by atoms with van der Waals surface area (Å²) in [6.45, 7) is 6.67. The molecule has 0 bridgehead atoms. The van der Waals surface area contributed by atoms with Gasteiger partial charge in [-0.1, -0.05) is 15.9 Å². The van der Waals surface area contributed by atoms with E-state index < -0.39 is 22.9 Å². The smallest absolute Gasteiger partial charge is 0.244 e. The third-order valence-corrected chi connectivity index (χ3v) is 3.83. The molecular weight excluding hydrogens is 325 g/mol. The minimum Gasteiger partial charge on any atom is -0.388 e. The molecule has 3 nitrogen and oxygen atoms in total. The first-order valence-corrected chi connectivity index (χ1v) is 7.00. The van der Waals surface area contributed by atoms with Crippen LogP contribution < -0.4 is 5.32 Å². The lowest BCUT2D eigenvalue weighted by Gasteiger charge is -2.37. The Morgan fingerprint density at radius 1 is 1.35 bits per heavy atom. The van der Waals surface area contributed by atoms with E-state index in [4.69, 9.17) is 0 Å². The molecule has 1 aromatic rings. The average Bonchev–Trinajstić information content (AvgIpc) is 2.28. The van der Waals surface area contributed by atoms with Crippen molar-refractivity contribution >= 4 is 27.9 Å². The first kappa shape index (κ1) is 16.9. The number of carbonyl (C=O) groups excluding carboxylic acids is 1. The number of amides is 1. The van der Waals surface area contributed by atoms with E-state index in [-0.39, 0.29) is 0 Å². The van der Waals surface area contributed by atoms with Crippen LogP contribution >= 0.6 is 15.9 Å². The van der Waals surface area contributed by atoms with Gasteiger partial charge in [-0.15, -0.1) is 0 Å². The van der Waals surface area contributed by atoms with Crippen LogP contribution in [0.5, 0.6) is 0 Å². The van der Waals surface area contributed by atoms with Gasteiger partial charge in [0.25, 0.3) is 0 Å². The normalized spacial score (nSPS) is 12.8. The van der Waals surface area contributed by atoms with Gasteiger partial charge in [0.15, 0.2) is 0 Å². The summed E-state index contributed by atoms with van der Waals surface area (Å²) in [4.78, 5) is 11.8. The highest BCUT2D eigenvalue weighted by Gasteiger charge is 2.35. The zero-order valence-electron chi connectivity index (χ0n) is 12.0. The van der Waals surface area contributed by atoms with Crippen LogP contribution in [0.25, 0.3) is 6.08 Å². The lowest BCUT2D eigenvalue weighted by atomic mass is 9.86. The lowest BCUT2D eigenvalue weighted by Crippen LogP contribution is -2.57. The highest BCUT2D eigenvalue weighted by atomic mass is 79.9. The van der Waals surface area contributed by atoms with Crippen LogP contribution in [0.2, 0.25) is 0 Å². The molecule has 2 N–H and O–H groups in total. The molecule has 20 heavy (non-hydrogen) atoms. The predicted molar refractivity (Wildman–Crippen MR) is 81.7 cm³/mol. The second-order valence-electron chi connectivity index (χ2n) is 5.67. The van der Waals surface area contributed by atoms with Crippen molar-refractivity contribution in [3.05, 3.63) is 40.1 Å². The Balaban J connectivity index is 2.81. The first-order valence-electron chi connectivity index (χ1n) is 6.20. The summed E-state index contributed by atoms with van der Waals surface area (Å²) in [5, 5.41) is 12.6. The SMILES string of the molecule is CC(C)(O)C(C)(C)NC(=O)/C=C/c1cc(Br)ccc1F. The van der Waals surface area contributed by atoms with Crippen molar-refractivity contribution in [1.29, 1.82) is 0 Å². The highest BCUT2D eigenvalue weighted by Crippen LogP contribution is 2.21. The molecule has 0 aliphatic heterocycles. The average molecular weight is 344 g/mol. The van der Waals surface area contributed by atoms with Crippen LogP contribution in [0.15, 0.2) is 28.7 Å². The molecule has 0 unspecified atom stereocenters. The Hall–Kier alpha value is -1.20. The Morgan fingerprint density at radius 2 is 1.95 bits per heavy atom. The fourth-order valence-electron chi connectivity index (χ4n) is 1.31. The first-order chi connectivity index (χ1) is 9.03. The van der Waals surface area contributed by atoms with Crippen molar-refractivity contribution in [2.75, 3.05) is 0 Å². The molecule has 0 heterocycles. The summed E-state index contributed by atoms with van der Waals surface area (Å²) in [5.74, 6) is -0.796. The Kier molecular flexibility index (Phi) is 5.10. The van der Waals surface area contributed by atoms with Crippen molar-refractivity contribution in [3.63, 3.8) is 0 Å². The standard InChI is InChI=1S/C15H19BrFNO2/c1-14(2,15(3,4)20)18-13(19)8-5-10-9-11(16)6-7-12(10)17/h5-9,20H,1-4H3,(H,18,19)/b8-5+. The van der Waals surface area contributed by atoms with Crippen LogP contribution in [-0.2, 0) is 4.79 Å². The van der Waals surface area contributed by atoms with Crippen LogP contribution in [-0.4, -0.2) is 22.2 Å². The van der Waals surface area contributed by atoms with E-state index in [1.54, 1.807) is 39.8 Å². The largest absolute Gasteiger partial charge is 0.388 e. The van der Waals surface area contributed by atoms with E-state index in [0.29, 0.717) is 5.56 Å². The van der Waals surface area contributed by atoms with Gasteiger partial charge in [0.1, 0.15) is 5.82 Å². The van der Waals surface area contributed by atoms with E-state index in [2.05, 4.69) is 21.2 Å². The quantitative estimate of drug-likeness (QED) is 0.824. The third kappa shape index (κ3) is 4.42. The van der Waals surface area contributed by atoms with Gasteiger partial charge in [0, 0.05) is 16.1 Å². The van der Waals surface area contributed by atoms with Crippen molar-refractivity contribution < 1.29 is 14.3 Å². The van der Waals surface area contributed by atoms with E-state index in [1.807, 2.05) is 0 Å². The zero-order chi connectivity index (χ0) is 15.6. The van der Waals surface area contributed by atoms with Gasteiger partial charge < -0.3 is 10.4 Å². The van der Waals surface area contributed by atoms with Crippen molar-refractivity contribution in [2.24, 2.45) is 0 Å². The summed E-state index contributed by atoms with van der Waals surface area (Å²) in [5.41, 5.74) is -1.56. The Labute approximate surface area is 127 Å². The molecule has 1 amide bonds. The number of carbonyl (C=O) groups is 1. The molecule has 0 atom stereocenters. The molecule has 0 spiro atoms. The molecule has 0 fully saturated rings. The van der Waals surface area contributed by atoms with Crippen LogP contribution in [0.1, 0.15) is 33.3 Å². The number of rotatable bonds is 4. The molecule has 110 valence electrons. The molecule has 1 rings (SSSR count). The number of nitrogens with one attached hydrogen (secondary N) is 1. The minimum atomic E-state index is -1.07. The summed E-state index contributed by atoms with van der Waals surface area (Å²) in [6.07, 6.45) is 2.65. The fourth-order valence-corrected chi connectivity index (χ4v) is 1.69. The maximum absolute atomic E-state index is 13.5. The maximum atomic E-state index is 13.5. The maximum Gasteiger partial charge on any atom is 0.244 e. The van der Waals surface area contributed by atoms with E-state index in [9.17, 15) is 14.3 Å². The third-order valence-electron chi connectivity index (χ3n) is 3.34. The topological polar surface area (TPSA) is 49.3 Å². The zero-order valence-corrected chi connectivity index (χ0v) is 13.6.